The second kappa shape index (κ2) is 4.90. The molecule has 94 valence electrons. The van der Waals surface area contributed by atoms with Gasteiger partial charge in [-0.05, 0) is 47.4 Å². The molecule has 19 heavy (non-hydrogen) atoms. The first kappa shape index (κ1) is 12.0. The first-order valence-corrected chi connectivity index (χ1v) is 6.24. The minimum atomic E-state index is 0.163. The molecule has 4 heteroatoms. The molecule has 0 unspecified atom stereocenters. The highest BCUT2D eigenvalue weighted by molar-refractivity contribution is 6.67. The molecule has 3 nitrogen and oxygen atoms in total. The summed E-state index contributed by atoms with van der Waals surface area (Å²) in [5.41, 5.74) is 3.04. The normalized spacial score (nSPS) is 13.2. The fourth-order valence-electron chi connectivity index (χ4n) is 2.22. The topological polar surface area (TPSA) is 35.5 Å². The van der Waals surface area contributed by atoms with Crippen molar-refractivity contribution >= 4 is 18.7 Å². The van der Waals surface area contributed by atoms with Gasteiger partial charge in [0.05, 0.1) is 6.61 Å². The first-order valence-electron chi connectivity index (χ1n) is 6.24. The maximum absolute atomic E-state index is 10.6. The van der Waals surface area contributed by atoms with Gasteiger partial charge in [-0.3, -0.25) is 4.79 Å². The third-order valence-corrected chi connectivity index (χ3v) is 3.29. The van der Waals surface area contributed by atoms with Crippen LogP contribution in [0.1, 0.15) is 15.9 Å². The van der Waals surface area contributed by atoms with Crippen LogP contribution in [0.2, 0.25) is 6.82 Å². The molecule has 0 N–H and O–H groups in total. The Morgan fingerprint density at radius 2 is 1.89 bits per heavy atom. The van der Waals surface area contributed by atoms with Gasteiger partial charge in [-0.25, -0.2) is 0 Å². The van der Waals surface area contributed by atoms with Gasteiger partial charge in [0.2, 0.25) is 0 Å². The summed E-state index contributed by atoms with van der Waals surface area (Å²) in [6.45, 7) is 2.85. The number of carbonyl (C=O) groups is 1. The van der Waals surface area contributed by atoms with E-state index >= 15 is 0 Å². The van der Waals surface area contributed by atoms with Gasteiger partial charge in [0, 0.05) is 5.56 Å². The maximum Gasteiger partial charge on any atom is 0.324 e. The van der Waals surface area contributed by atoms with E-state index in [0.717, 1.165) is 17.8 Å². The monoisotopic (exact) mass is 252 g/mol. The van der Waals surface area contributed by atoms with E-state index in [0.29, 0.717) is 12.2 Å². The summed E-state index contributed by atoms with van der Waals surface area (Å²) in [6.07, 6.45) is 0.817. The third kappa shape index (κ3) is 2.40. The molecule has 0 amide bonds. The Morgan fingerprint density at radius 3 is 2.63 bits per heavy atom. The van der Waals surface area contributed by atoms with Crippen molar-refractivity contribution in [1.29, 1.82) is 0 Å². The zero-order chi connectivity index (χ0) is 13.2. The fraction of sp³-hybridized carbons (Fsp3) is 0.133. The second-order valence-corrected chi connectivity index (χ2v) is 4.60. The van der Waals surface area contributed by atoms with Gasteiger partial charge >= 0.3 is 6.92 Å². The van der Waals surface area contributed by atoms with Crippen LogP contribution in [0.25, 0.3) is 0 Å². The molecule has 0 radical (unpaired) electrons. The molecule has 1 aliphatic rings. The summed E-state index contributed by atoms with van der Waals surface area (Å²) in [5, 5.41) is 0. The number of benzene rings is 2. The van der Waals surface area contributed by atoms with Crippen LogP contribution in [0, 0.1) is 0 Å². The van der Waals surface area contributed by atoms with E-state index in [1.54, 1.807) is 24.3 Å². The van der Waals surface area contributed by atoms with Gasteiger partial charge < -0.3 is 9.39 Å². The lowest BCUT2D eigenvalue weighted by molar-refractivity contribution is 0.112. The molecular weight excluding hydrogens is 239 g/mol. The van der Waals surface area contributed by atoms with Crippen molar-refractivity contribution in [3.63, 3.8) is 0 Å². The van der Waals surface area contributed by atoms with Crippen LogP contribution in [0.4, 0.5) is 0 Å². The largest absolute Gasteiger partial charge is 0.457 e. The summed E-state index contributed by atoms with van der Waals surface area (Å²) in [7, 11) is 0. The lowest BCUT2D eigenvalue weighted by Crippen LogP contribution is -2.23. The molecule has 0 aliphatic carbocycles. The molecule has 0 spiro atoms. The van der Waals surface area contributed by atoms with E-state index in [1.165, 1.54) is 11.0 Å². The summed E-state index contributed by atoms with van der Waals surface area (Å²) in [4.78, 5) is 10.6. The molecule has 1 heterocycles. The Hall–Kier alpha value is -2.07. The molecule has 0 saturated heterocycles. The Kier molecular flexibility index (Phi) is 3.09. The Labute approximate surface area is 112 Å². The average molecular weight is 252 g/mol. The van der Waals surface area contributed by atoms with Crippen molar-refractivity contribution in [3.8, 4) is 11.5 Å². The molecule has 1 aliphatic heterocycles. The number of hydrogen-bond acceptors (Lipinski definition) is 3. The van der Waals surface area contributed by atoms with Crippen LogP contribution in [-0.2, 0) is 11.3 Å². The van der Waals surface area contributed by atoms with E-state index in [-0.39, 0.29) is 6.92 Å². The molecular formula is C15H13BO3. The third-order valence-electron chi connectivity index (χ3n) is 3.29. The number of hydrogen-bond donors (Lipinski definition) is 0. The first-order chi connectivity index (χ1) is 9.26. The molecule has 0 aromatic heterocycles. The van der Waals surface area contributed by atoms with E-state index < -0.39 is 0 Å². The Balaban J connectivity index is 1.81. The lowest BCUT2D eigenvalue weighted by atomic mass is 9.64. The smallest absolute Gasteiger partial charge is 0.324 e. The number of carbonyl (C=O) groups excluding carboxylic acids is 1. The molecule has 0 atom stereocenters. The summed E-state index contributed by atoms with van der Waals surface area (Å²) in [5.74, 6) is 1.51. The van der Waals surface area contributed by atoms with Crippen molar-refractivity contribution in [3.05, 3.63) is 53.6 Å². The highest BCUT2D eigenvalue weighted by atomic mass is 16.5. The molecule has 2 aromatic rings. The van der Waals surface area contributed by atoms with Gasteiger partial charge in [-0.2, -0.15) is 0 Å². The average Bonchev–Trinajstić information content (AvgIpc) is 2.81. The molecule has 2 aromatic carbocycles. The van der Waals surface area contributed by atoms with Crippen LogP contribution in [-0.4, -0.2) is 13.2 Å². The number of fused-ring (bicyclic) bond motifs is 1. The van der Waals surface area contributed by atoms with E-state index in [4.69, 9.17) is 9.39 Å². The number of aldehydes is 1. The highest BCUT2D eigenvalue weighted by Crippen LogP contribution is 2.24. The van der Waals surface area contributed by atoms with Gasteiger partial charge in [0.15, 0.2) is 0 Å². The van der Waals surface area contributed by atoms with Crippen molar-refractivity contribution in [2.75, 3.05) is 0 Å². The van der Waals surface area contributed by atoms with Gasteiger partial charge in [0.1, 0.15) is 17.8 Å². The predicted molar refractivity (Wildman–Crippen MR) is 74.4 cm³/mol. The van der Waals surface area contributed by atoms with Crippen LogP contribution in [0.15, 0.2) is 42.5 Å². The van der Waals surface area contributed by atoms with Crippen LogP contribution in [0.3, 0.4) is 0 Å². The molecule has 0 fully saturated rings. The van der Waals surface area contributed by atoms with E-state index in [9.17, 15) is 4.79 Å². The van der Waals surface area contributed by atoms with Gasteiger partial charge in [-0.15, -0.1) is 0 Å². The van der Waals surface area contributed by atoms with E-state index in [2.05, 4.69) is 0 Å². The maximum atomic E-state index is 10.6. The molecule has 3 rings (SSSR count). The fourth-order valence-corrected chi connectivity index (χ4v) is 2.22. The SMILES string of the molecule is CB1OCc2cc(Oc3ccc(C=O)cc3)ccc21. The van der Waals surface area contributed by atoms with Crippen molar-refractivity contribution in [2.24, 2.45) is 0 Å². The zero-order valence-electron chi connectivity index (χ0n) is 10.6. The van der Waals surface area contributed by atoms with Crippen LogP contribution in [0.5, 0.6) is 11.5 Å². The van der Waals surface area contributed by atoms with E-state index in [1.807, 2.05) is 25.0 Å². The lowest BCUT2D eigenvalue weighted by Gasteiger charge is -2.07. The number of ether oxygens (including phenoxy) is 1. The van der Waals surface area contributed by atoms with Crippen LogP contribution >= 0.6 is 0 Å². The van der Waals surface area contributed by atoms with Crippen molar-refractivity contribution < 1.29 is 14.2 Å². The molecule has 0 bridgehead atoms. The summed E-state index contributed by atoms with van der Waals surface area (Å²) >= 11 is 0. The Bertz CT molecular complexity index is 607. The van der Waals surface area contributed by atoms with Crippen molar-refractivity contribution in [2.45, 2.75) is 13.4 Å². The second-order valence-electron chi connectivity index (χ2n) is 4.60. The summed E-state index contributed by atoms with van der Waals surface area (Å²) < 4.78 is 11.3. The minimum Gasteiger partial charge on any atom is -0.457 e. The minimum absolute atomic E-state index is 0.163. The van der Waals surface area contributed by atoms with Gasteiger partial charge in [-0.1, -0.05) is 12.9 Å². The quantitative estimate of drug-likeness (QED) is 0.622. The van der Waals surface area contributed by atoms with Gasteiger partial charge in [0.25, 0.3) is 0 Å². The number of rotatable bonds is 3. The summed E-state index contributed by atoms with van der Waals surface area (Å²) in [6, 6.07) is 13.0. The zero-order valence-corrected chi connectivity index (χ0v) is 10.6. The standard InChI is InChI=1S/C15H13BO3/c1-16-15-7-6-14(8-12(15)10-18-16)19-13-4-2-11(9-17)3-5-13/h2-9H,10H2,1H3. The Morgan fingerprint density at radius 1 is 1.16 bits per heavy atom. The predicted octanol–water partition coefficient (Wildman–Crippen LogP) is 2.65. The van der Waals surface area contributed by atoms with Crippen LogP contribution < -0.4 is 10.2 Å². The van der Waals surface area contributed by atoms with Crippen molar-refractivity contribution in [1.82, 2.24) is 0 Å². The molecule has 0 saturated carbocycles. The highest BCUT2D eigenvalue weighted by Gasteiger charge is 2.23.